The first-order valence-corrected chi connectivity index (χ1v) is 6.31. The Morgan fingerprint density at radius 2 is 1.94 bits per heavy atom. The van der Waals surface area contributed by atoms with Gasteiger partial charge in [-0.05, 0) is 24.1 Å². The van der Waals surface area contributed by atoms with Crippen LogP contribution in [0.2, 0.25) is 0 Å². The molecule has 2 aromatic rings. The third-order valence-corrected chi connectivity index (χ3v) is 2.79. The van der Waals surface area contributed by atoms with Gasteiger partial charge in [-0.3, -0.25) is 0 Å². The average molecular weight is 244 g/mol. The van der Waals surface area contributed by atoms with Gasteiger partial charge in [0.05, 0.1) is 6.10 Å². The van der Waals surface area contributed by atoms with Crippen LogP contribution < -0.4 is 5.32 Å². The third kappa shape index (κ3) is 4.02. The summed E-state index contributed by atoms with van der Waals surface area (Å²) in [4.78, 5) is 0. The highest BCUT2D eigenvalue weighted by molar-refractivity contribution is 5.17. The Bertz CT molecular complexity index is 462. The molecule has 0 spiro atoms. The monoisotopic (exact) mass is 244 g/mol. The van der Waals surface area contributed by atoms with E-state index in [1.54, 1.807) is 6.92 Å². The van der Waals surface area contributed by atoms with Crippen molar-refractivity contribution in [1.82, 2.24) is 9.88 Å². The van der Waals surface area contributed by atoms with Gasteiger partial charge in [-0.15, -0.1) is 0 Å². The molecule has 0 aliphatic heterocycles. The van der Waals surface area contributed by atoms with Crippen LogP contribution in [0.25, 0.3) is 0 Å². The highest BCUT2D eigenvalue weighted by Gasteiger charge is 1.99. The van der Waals surface area contributed by atoms with Crippen LogP contribution in [-0.4, -0.2) is 22.3 Å². The summed E-state index contributed by atoms with van der Waals surface area (Å²) in [6, 6.07) is 12.5. The van der Waals surface area contributed by atoms with E-state index in [1.165, 1.54) is 11.1 Å². The van der Waals surface area contributed by atoms with Gasteiger partial charge in [0.1, 0.15) is 0 Å². The van der Waals surface area contributed by atoms with E-state index in [0.717, 1.165) is 13.1 Å². The number of aliphatic hydroxyl groups is 1. The van der Waals surface area contributed by atoms with Crippen molar-refractivity contribution in [2.24, 2.45) is 0 Å². The molecule has 0 aliphatic rings. The molecular weight excluding hydrogens is 224 g/mol. The zero-order valence-electron chi connectivity index (χ0n) is 10.7. The molecule has 2 rings (SSSR count). The predicted molar refractivity (Wildman–Crippen MR) is 73.4 cm³/mol. The second kappa shape index (κ2) is 6.38. The van der Waals surface area contributed by atoms with Gasteiger partial charge in [0, 0.05) is 32.0 Å². The molecule has 3 nitrogen and oxygen atoms in total. The SMILES string of the molecule is CC(O)CNCc1ccn(Cc2ccccc2)c1. The molecule has 96 valence electrons. The van der Waals surface area contributed by atoms with Crippen LogP contribution in [0, 0.1) is 0 Å². The van der Waals surface area contributed by atoms with Gasteiger partial charge in [0.25, 0.3) is 0 Å². The third-order valence-electron chi connectivity index (χ3n) is 2.79. The normalized spacial score (nSPS) is 12.6. The number of hydrogen-bond acceptors (Lipinski definition) is 2. The zero-order valence-corrected chi connectivity index (χ0v) is 10.7. The Balaban J connectivity index is 1.86. The average Bonchev–Trinajstić information content (AvgIpc) is 2.78. The van der Waals surface area contributed by atoms with Gasteiger partial charge in [-0.2, -0.15) is 0 Å². The van der Waals surface area contributed by atoms with Crippen molar-refractivity contribution in [3.05, 3.63) is 59.9 Å². The molecule has 1 unspecified atom stereocenters. The minimum absolute atomic E-state index is 0.295. The van der Waals surface area contributed by atoms with Crippen LogP contribution in [0.5, 0.6) is 0 Å². The summed E-state index contributed by atoms with van der Waals surface area (Å²) >= 11 is 0. The topological polar surface area (TPSA) is 37.2 Å². The second-order valence-electron chi connectivity index (χ2n) is 4.66. The molecule has 3 heteroatoms. The Hall–Kier alpha value is -1.58. The van der Waals surface area contributed by atoms with Crippen molar-refractivity contribution in [2.75, 3.05) is 6.54 Å². The molecule has 1 aromatic carbocycles. The van der Waals surface area contributed by atoms with Crippen molar-refractivity contribution in [2.45, 2.75) is 26.1 Å². The molecule has 2 N–H and O–H groups in total. The first-order chi connectivity index (χ1) is 8.74. The first kappa shape index (κ1) is 12.9. The van der Waals surface area contributed by atoms with Crippen molar-refractivity contribution >= 4 is 0 Å². The van der Waals surface area contributed by atoms with E-state index in [2.05, 4.69) is 52.6 Å². The number of rotatable bonds is 6. The van der Waals surface area contributed by atoms with Crippen LogP contribution in [0.4, 0.5) is 0 Å². The van der Waals surface area contributed by atoms with E-state index in [4.69, 9.17) is 5.11 Å². The lowest BCUT2D eigenvalue weighted by Crippen LogP contribution is -2.23. The highest BCUT2D eigenvalue weighted by Crippen LogP contribution is 2.06. The number of nitrogens with zero attached hydrogens (tertiary/aromatic N) is 1. The van der Waals surface area contributed by atoms with Gasteiger partial charge in [0.2, 0.25) is 0 Å². The van der Waals surface area contributed by atoms with Crippen LogP contribution in [0.3, 0.4) is 0 Å². The lowest BCUT2D eigenvalue weighted by atomic mass is 10.2. The van der Waals surface area contributed by atoms with E-state index in [0.29, 0.717) is 6.54 Å². The Morgan fingerprint density at radius 1 is 1.17 bits per heavy atom. The minimum atomic E-state index is -0.295. The summed E-state index contributed by atoms with van der Waals surface area (Å²) in [5, 5.41) is 12.4. The van der Waals surface area contributed by atoms with Crippen molar-refractivity contribution < 1.29 is 5.11 Å². The summed E-state index contributed by atoms with van der Waals surface area (Å²) in [7, 11) is 0. The van der Waals surface area contributed by atoms with Crippen molar-refractivity contribution in [3.63, 3.8) is 0 Å². The Morgan fingerprint density at radius 3 is 2.67 bits per heavy atom. The fourth-order valence-corrected chi connectivity index (χ4v) is 1.91. The molecule has 0 aliphatic carbocycles. The standard InChI is InChI=1S/C15H20N2O/c1-13(18)9-16-10-15-7-8-17(12-15)11-14-5-3-2-4-6-14/h2-8,12-13,16,18H,9-11H2,1H3. The predicted octanol–water partition coefficient (Wildman–Crippen LogP) is 2.01. The van der Waals surface area contributed by atoms with E-state index < -0.39 is 0 Å². The molecule has 0 fully saturated rings. The summed E-state index contributed by atoms with van der Waals surface area (Å²) in [6.45, 7) is 4.11. The van der Waals surface area contributed by atoms with E-state index >= 15 is 0 Å². The van der Waals surface area contributed by atoms with Gasteiger partial charge in [-0.1, -0.05) is 30.3 Å². The largest absolute Gasteiger partial charge is 0.392 e. The van der Waals surface area contributed by atoms with E-state index in [9.17, 15) is 0 Å². The molecule has 1 atom stereocenters. The Labute approximate surface area is 108 Å². The van der Waals surface area contributed by atoms with Gasteiger partial charge in [-0.25, -0.2) is 0 Å². The molecular formula is C15H20N2O. The smallest absolute Gasteiger partial charge is 0.0636 e. The number of hydrogen-bond donors (Lipinski definition) is 2. The fourth-order valence-electron chi connectivity index (χ4n) is 1.91. The summed E-state index contributed by atoms with van der Waals surface area (Å²) in [6.07, 6.45) is 3.94. The van der Waals surface area contributed by atoms with Crippen molar-refractivity contribution in [1.29, 1.82) is 0 Å². The lowest BCUT2D eigenvalue weighted by Gasteiger charge is -2.05. The molecule has 18 heavy (non-hydrogen) atoms. The molecule has 1 heterocycles. The van der Waals surface area contributed by atoms with E-state index in [-0.39, 0.29) is 6.10 Å². The zero-order chi connectivity index (χ0) is 12.8. The van der Waals surface area contributed by atoms with Crippen LogP contribution in [-0.2, 0) is 13.1 Å². The number of benzene rings is 1. The lowest BCUT2D eigenvalue weighted by molar-refractivity contribution is 0.191. The first-order valence-electron chi connectivity index (χ1n) is 6.31. The molecule has 0 amide bonds. The van der Waals surface area contributed by atoms with E-state index in [1.807, 2.05) is 6.07 Å². The number of aromatic nitrogens is 1. The maximum atomic E-state index is 9.16. The molecule has 0 saturated heterocycles. The Kier molecular flexibility index (Phi) is 4.56. The molecule has 0 saturated carbocycles. The van der Waals surface area contributed by atoms with Gasteiger partial charge >= 0.3 is 0 Å². The van der Waals surface area contributed by atoms with Crippen LogP contribution >= 0.6 is 0 Å². The minimum Gasteiger partial charge on any atom is -0.392 e. The van der Waals surface area contributed by atoms with Gasteiger partial charge < -0.3 is 15.0 Å². The van der Waals surface area contributed by atoms with Crippen LogP contribution in [0.1, 0.15) is 18.1 Å². The molecule has 1 aromatic heterocycles. The molecule has 0 radical (unpaired) electrons. The number of nitrogens with one attached hydrogen (secondary N) is 1. The molecule has 0 bridgehead atoms. The second-order valence-corrected chi connectivity index (χ2v) is 4.66. The quantitative estimate of drug-likeness (QED) is 0.815. The summed E-state index contributed by atoms with van der Waals surface area (Å²) < 4.78 is 2.18. The number of aliphatic hydroxyl groups excluding tert-OH is 1. The maximum absolute atomic E-state index is 9.16. The summed E-state index contributed by atoms with van der Waals surface area (Å²) in [5.74, 6) is 0. The highest BCUT2D eigenvalue weighted by atomic mass is 16.3. The maximum Gasteiger partial charge on any atom is 0.0636 e. The van der Waals surface area contributed by atoms with Crippen molar-refractivity contribution in [3.8, 4) is 0 Å². The van der Waals surface area contributed by atoms with Gasteiger partial charge in [0.15, 0.2) is 0 Å². The van der Waals surface area contributed by atoms with Crippen LogP contribution in [0.15, 0.2) is 48.8 Å². The fraction of sp³-hybridized carbons (Fsp3) is 0.333. The summed E-state index contributed by atoms with van der Waals surface area (Å²) in [5.41, 5.74) is 2.54.